The van der Waals surface area contributed by atoms with Gasteiger partial charge in [-0.2, -0.15) is 0 Å². The zero-order chi connectivity index (χ0) is 86.7. The van der Waals surface area contributed by atoms with Crippen LogP contribution < -0.4 is 26.2 Å². The number of hydrogen-bond donors (Lipinski definition) is 0. The van der Waals surface area contributed by atoms with Gasteiger partial charge in [-0.3, -0.25) is 0 Å². The second kappa shape index (κ2) is 27.1. The Morgan fingerprint density at radius 3 is 0.934 bits per heavy atom. The molecule has 21 aromatic rings. The monoisotopic (exact) mass is 1560 g/mol. The number of para-hydroxylation sites is 7. The van der Waals surface area contributed by atoms with Crippen LogP contribution in [-0.4, -0.2) is 25.0 Å². The molecule has 7 heteroatoms. The zero-order valence-electron chi connectivity index (χ0n) is 75.1. The normalized spacial score (nSPS) is 13.6. The summed E-state index contributed by atoms with van der Waals surface area (Å²) in [6, 6.07) is 119. The molecule has 23 rings (SSSR count). The summed E-state index contributed by atoms with van der Waals surface area (Å²) in [5, 5.41) is 8.08. The van der Waals surface area contributed by atoms with Crippen molar-refractivity contribution in [3.8, 4) is 67.3 Å². The van der Waals surface area contributed by atoms with E-state index in [1.807, 2.05) is 12.1 Å². The van der Waals surface area contributed by atoms with Crippen molar-refractivity contribution in [1.29, 1.82) is 0 Å². The first kappa shape index (κ1) is 65.6. The number of anilines is 6. The van der Waals surface area contributed by atoms with E-state index < -0.39 is 23.0 Å². The summed E-state index contributed by atoms with van der Waals surface area (Å²) in [6.45, 7) is 19.1. The first-order valence-corrected chi connectivity index (χ1v) is 42.2. The van der Waals surface area contributed by atoms with Crippen LogP contribution in [-0.2, 0) is 16.2 Å². The van der Waals surface area contributed by atoms with E-state index >= 15 is 0 Å². The van der Waals surface area contributed by atoms with Crippen LogP contribution in [0.15, 0.2) is 376 Å². The van der Waals surface area contributed by atoms with Crippen LogP contribution in [0.25, 0.3) is 154 Å². The first-order valence-electron chi connectivity index (χ1n) is 45.2. The minimum absolute atomic E-state index is 0.0147. The van der Waals surface area contributed by atoms with E-state index in [2.05, 4.69) is 418 Å². The van der Waals surface area contributed by atoms with Gasteiger partial charge < -0.3 is 28.1 Å². The van der Waals surface area contributed by atoms with Gasteiger partial charge in [0.25, 0.3) is 6.71 Å². The molecule has 0 N–H and O–H groups in total. The lowest BCUT2D eigenvalue weighted by Crippen LogP contribution is -2.61. The van der Waals surface area contributed by atoms with Crippen LogP contribution in [0.1, 0.15) is 87.2 Å². The third-order valence-electron chi connectivity index (χ3n) is 25.6. The van der Waals surface area contributed by atoms with Crippen molar-refractivity contribution in [1.82, 2.24) is 18.3 Å². The van der Waals surface area contributed by atoms with Gasteiger partial charge in [0.2, 0.25) is 0 Å². The van der Waals surface area contributed by atoms with Gasteiger partial charge in [-0.15, -0.1) is 0 Å². The smallest absolute Gasteiger partial charge is 0.252 e. The SMILES string of the molecule is [2H]c1c([2H])c(-n2c3ccccc3c3cc(-n4c5ccccc5c5ccccc54)ccc32)c([2H])c2c1B1c3c(cc(C(C)(C)C)cc3N(c3c(-c4ccccc4)cc(C(C)(C)C)cc3-c3ccccc3)c3c([2H])c(-n4c5ccccc5c5cccc(-n6c7ccccc7c7ccccc76)c54)c([2H])c([2H])c31)N2c1c(-c2ccccc2)cc(C(C)(C)C)cc1-c1ccccc1. The molecule has 0 bridgehead atoms. The van der Waals surface area contributed by atoms with Gasteiger partial charge in [-0.1, -0.05) is 317 Å². The maximum atomic E-state index is 12.2. The van der Waals surface area contributed by atoms with Crippen LogP contribution in [0.2, 0.25) is 0 Å². The molecule has 0 amide bonds. The minimum atomic E-state index is -1.19. The minimum Gasteiger partial charge on any atom is -0.310 e. The van der Waals surface area contributed by atoms with E-state index in [0.29, 0.717) is 39.1 Å². The predicted molar refractivity (Wildman–Crippen MR) is 516 cm³/mol. The lowest BCUT2D eigenvalue weighted by atomic mass is 9.33. The molecule has 0 fully saturated rings. The molecule has 0 saturated heterocycles. The molecule has 0 atom stereocenters. The first-order chi connectivity index (χ1) is 61.5. The summed E-state index contributed by atoms with van der Waals surface area (Å²) in [7, 11) is 0. The molecule has 0 spiro atoms. The number of fused-ring (bicyclic) bond motifs is 16. The highest BCUT2D eigenvalue weighted by Gasteiger charge is 2.47. The average Bonchev–Trinajstić information content (AvgIpc) is 0.939. The molecule has 2 aliphatic rings. The fourth-order valence-electron chi connectivity index (χ4n) is 19.8. The molecule has 6 heterocycles. The number of benzene rings is 17. The Labute approximate surface area is 714 Å². The topological polar surface area (TPSA) is 26.2 Å². The second-order valence-electron chi connectivity index (χ2n) is 35.9. The van der Waals surface area contributed by atoms with Crippen molar-refractivity contribution < 1.29 is 8.22 Å². The van der Waals surface area contributed by atoms with Gasteiger partial charge in [0.1, 0.15) is 0 Å². The number of rotatable bonds is 10. The third kappa shape index (κ3) is 11.2. The Hall–Kier alpha value is -14.4. The average molecular weight is 1560 g/mol. The maximum absolute atomic E-state index is 12.2. The van der Waals surface area contributed by atoms with E-state index in [9.17, 15) is 8.22 Å². The molecule has 578 valence electrons. The summed E-state index contributed by atoms with van der Waals surface area (Å²) < 4.78 is 79.7. The lowest BCUT2D eigenvalue weighted by Gasteiger charge is -2.47. The molecular weight excluding hydrogens is 1460 g/mol. The Morgan fingerprint density at radius 2 is 0.545 bits per heavy atom. The Morgan fingerprint density at radius 1 is 0.240 bits per heavy atom. The highest BCUT2D eigenvalue weighted by molar-refractivity contribution is 7.00. The van der Waals surface area contributed by atoms with Gasteiger partial charge in [0.05, 0.1) is 69.4 Å². The molecule has 4 aromatic heterocycles. The van der Waals surface area contributed by atoms with Gasteiger partial charge >= 0.3 is 0 Å². The molecule has 0 saturated carbocycles. The zero-order valence-corrected chi connectivity index (χ0v) is 69.1. The van der Waals surface area contributed by atoms with Crippen LogP contribution in [0.3, 0.4) is 0 Å². The number of nitrogens with zero attached hydrogens (tertiary/aromatic N) is 6. The predicted octanol–water partition coefficient (Wildman–Crippen LogP) is 28.7. The fraction of sp³-hybridized carbons (Fsp3) is 0.105. The van der Waals surface area contributed by atoms with Crippen molar-refractivity contribution in [2.24, 2.45) is 0 Å². The van der Waals surface area contributed by atoms with Crippen LogP contribution in [0.5, 0.6) is 0 Å². The molecule has 6 nitrogen and oxygen atoms in total. The number of hydrogen-bond acceptors (Lipinski definition) is 2. The molecular formula is C114H89BN6. The van der Waals surface area contributed by atoms with Crippen molar-refractivity contribution in [2.45, 2.75) is 78.6 Å². The summed E-state index contributed by atoms with van der Waals surface area (Å²) >= 11 is 0. The van der Waals surface area contributed by atoms with Gasteiger partial charge in [-0.05, 0) is 193 Å². The highest BCUT2D eigenvalue weighted by Crippen LogP contribution is 2.56. The van der Waals surface area contributed by atoms with Crippen molar-refractivity contribution >= 4 is 144 Å². The second-order valence-corrected chi connectivity index (χ2v) is 35.9. The van der Waals surface area contributed by atoms with Crippen LogP contribution in [0.4, 0.5) is 34.1 Å². The van der Waals surface area contributed by atoms with Crippen molar-refractivity contribution in [3.05, 3.63) is 393 Å². The van der Waals surface area contributed by atoms with Gasteiger partial charge in [-0.25, -0.2) is 0 Å². The van der Waals surface area contributed by atoms with Crippen molar-refractivity contribution in [2.75, 3.05) is 9.80 Å². The summed E-state index contributed by atoms with van der Waals surface area (Å²) in [5.41, 5.74) is 23.1. The van der Waals surface area contributed by atoms with E-state index in [4.69, 9.17) is 0 Å². The summed E-state index contributed by atoms with van der Waals surface area (Å²) in [5.74, 6) is 0. The number of aromatic nitrogens is 4. The van der Waals surface area contributed by atoms with E-state index in [-0.39, 0.29) is 47.6 Å². The van der Waals surface area contributed by atoms with E-state index in [1.54, 1.807) is 0 Å². The molecule has 121 heavy (non-hydrogen) atoms. The quantitative estimate of drug-likeness (QED) is 0.128. The van der Waals surface area contributed by atoms with Gasteiger partial charge in [0.15, 0.2) is 0 Å². The molecule has 0 radical (unpaired) electrons. The fourth-order valence-corrected chi connectivity index (χ4v) is 19.8. The Bertz CT molecular complexity index is 7990. The van der Waals surface area contributed by atoms with Crippen molar-refractivity contribution in [3.63, 3.8) is 0 Å². The third-order valence-corrected chi connectivity index (χ3v) is 25.6. The molecule has 2 aliphatic heterocycles. The van der Waals surface area contributed by atoms with Crippen LogP contribution in [0, 0.1) is 0 Å². The standard InChI is InChI=1S/C114H89BN6/c1-112(2,3)76-63-89(72-35-14-10-15-36-72)109(90(64-76)73-37-16-11-17-38-73)120-104-70-80(117-98-52-30-27-48-87(98)93-69-79(59-62-102(93)117)116-96-50-28-22-43-82(96)83-44-23-29-51-97(83)116)57-60-94(104)115-95-61-58-81(118-99-53-31-26-47-86(99)88-49-34-56-103(111(88)118)119-100-54-32-24-45-84(100)85-46-25-33-55-101(85)119)71-105(95)121(107-68-78(114(7,8)9)67-106(120)108(107)115)110-91(74-39-18-12-19-40-74)65-77(113(4,5)6)66-92(110)75-41-20-13-21-42-75/h10-71H,1-9H3/i57D,58D,60D,61D,70D,71D. The van der Waals surface area contributed by atoms with E-state index in [1.165, 1.54) is 0 Å². The molecule has 17 aromatic carbocycles. The Balaban J connectivity index is 0.918. The summed E-state index contributed by atoms with van der Waals surface area (Å²) in [6.07, 6.45) is 0. The Kier molecular flexibility index (Phi) is 14.7. The van der Waals surface area contributed by atoms with E-state index in [0.717, 1.165) is 171 Å². The lowest BCUT2D eigenvalue weighted by molar-refractivity contribution is 0.590. The van der Waals surface area contributed by atoms with Gasteiger partial charge in [0, 0.05) is 105 Å². The molecule has 0 unspecified atom stereocenters. The summed E-state index contributed by atoms with van der Waals surface area (Å²) in [4.78, 5) is 4.60. The van der Waals surface area contributed by atoms with Crippen LogP contribution >= 0.6 is 0 Å². The largest absolute Gasteiger partial charge is 0.310 e. The highest BCUT2D eigenvalue weighted by atomic mass is 15.2. The maximum Gasteiger partial charge on any atom is 0.252 e. The molecule has 0 aliphatic carbocycles.